The Morgan fingerprint density at radius 3 is 2.53 bits per heavy atom. The van der Waals surface area contributed by atoms with Crippen molar-refractivity contribution in [1.82, 2.24) is 4.90 Å². The minimum absolute atomic E-state index is 0.251. The number of hydrogen-bond donors (Lipinski definition) is 1. The molecule has 0 spiro atoms. The van der Waals surface area contributed by atoms with Gasteiger partial charge in [0.05, 0.1) is 0 Å². The van der Waals surface area contributed by atoms with E-state index in [2.05, 4.69) is 37.9 Å². The van der Waals surface area contributed by atoms with Crippen LogP contribution in [0.15, 0.2) is 28.3 Å². The van der Waals surface area contributed by atoms with Gasteiger partial charge in [-0.1, -0.05) is 23.3 Å². The second-order valence-corrected chi connectivity index (χ2v) is 4.32. The van der Waals surface area contributed by atoms with Gasteiger partial charge in [-0.05, 0) is 33.6 Å². The first-order valence-corrected chi connectivity index (χ1v) is 5.69. The standard InChI is InChI=1S/C13H22N4/c1-11(2)6-5-7-12(3)8-9-17(4)13(15)16-10-14/h6,8H,5,7,9H2,1-4H3,(H2,15,16)/b12-8+. The van der Waals surface area contributed by atoms with E-state index in [1.54, 1.807) is 11.1 Å². The fourth-order valence-electron chi connectivity index (χ4n) is 1.21. The normalized spacial score (nSPS) is 11.9. The van der Waals surface area contributed by atoms with Crippen molar-refractivity contribution >= 4 is 5.96 Å². The van der Waals surface area contributed by atoms with Gasteiger partial charge >= 0.3 is 0 Å². The zero-order chi connectivity index (χ0) is 13.3. The number of aliphatic imine (C=N–C) groups is 1. The SMILES string of the molecule is CC(C)=CCC/C(C)=C/CN(C)C(N)=NC#N. The van der Waals surface area contributed by atoms with Crippen molar-refractivity contribution in [3.63, 3.8) is 0 Å². The molecule has 0 heterocycles. The summed E-state index contributed by atoms with van der Waals surface area (Å²) < 4.78 is 0. The van der Waals surface area contributed by atoms with Crippen LogP contribution in [0.4, 0.5) is 0 Å². The zero-order valence-electron chi connectivity index (χ0n) is 11.2. The van der Waals surface area contributed by atoms with Crippen LogP contribution in [-0.4, -0.2) is 24.5 Å². The third kappa shape index (κ3) is 8.09. The molecule has 0 aromatic rings. The Hall–Kier alpha value is -1.76. The smallest absolute Gasteiger partial charge is 0.209 e. The van der Waals surface area contributed by atoms with Gasteiger partial charge in [0.15, 0.2) is 0 Å². The molecule has 0 radical (unpaired) electrons. The van der Waals surface area contributed by atoms with E-state index in [-0.39, 0.29) is 5.96 Å². The summed E-state index contributed by atoms with van der Waals surface area (Å²) in [7, 11) is 1.82. The summed E-state index contributed by atoms with van der Waals surface area (Å²) in [5.74, 6) is 0.251. The van der Waals surface area contributed by atoms with Crippen molar-refractivity contribution in [2.75, 3.05) is 13.6 Å². The molecule has 2 N–H and O–H groups in total. The van der Waals surface area contributed by atoms with Crippen molar-refractivity contribution in [2.45, 2.75) is 33.6 Å². The van der Waals surface area contributed by atoms with Crippen LogP contribution in [0.2, 0.25) is 0 Å². The molecular weight excluding hydrogens is 212 g/mol. The molecule has 0 aromatic heterocycles. The van der Waals surface area contributed by atoms with Crippen LogP contribution in [0.3, 0.4) is 0 Å². The third-order valence-corrected chi connectivity index (χ3v) is 2.36. The van der Waals surface area contributed by atoms with Crippen molar-refractivity contribution in [3.8, 4) is 6.19 Å². The number of guanidine groups is 1. The summed E-state index contributed by atoms with van der Waals surface area (Å²) in [6, 6.07) is 0. The number of nitrogens with two attached hydrogens (primary N) is 1. The van der Waals surface area contributed by atoms with Gasteiger partial charge in [-0.3, -0.25) is 0 Å². The lowest BCUT2D eigenvalue weighted by Gasteiger charge is -2.14. The van der Waals surface area contributed by atoms with E-state index in [0.717, 1.165) is 12.8 Å². The topological polar surface area (TPSA) is 65.4 Å². The van der Waals surface area contributed by atoms with Gasteiger partial charge in [0.2, 0.25) is 12.2 Å². The molecule has 17 heavy (non-hydrogen) atoms. The highest BCUT2D eigenvalue weighted by Gasteiger charge is 1.98. The van der Waals surface area contributed by atoms with E-state index >= 15 is 0 Å². The summed E-state index contributed by atoms with van der Waals surface area (Å²) in [6.07, 6.45) is 8.13. The van der Waals surface area contributed by atoms with Gasteiger partial charge in [-0.25, -0.2) is 0 Å². The van der Waals surface area contributed by atoms with Crippen molar-refractivity contribution in [2.24, 2.45) is 10.7 Å². The van der Waals surface area contributed by atoms with E-state index in [9.17, 15) is 0 Å². The number of nitrogens with zero attached hydrogens (tertiary/aromatic N) is 3. The molecule has 0 fully saturated rings. The van der Waals surface area contributed by atoms with Crippen LogP contribution in [0, 0.1) is 11.5 Å². The lowest BCUT2D eigenvalue weighted by molar-refractivity contribution is 0.555. The molecule has 0 rings (SSSR count). The van der Waals surface area contributed by atoms with Crippen LogP contribution in [0.5, 0.6) is 0 Å². The zero-order valence-corrected chi connectivity index (χ0v) is 11.2. The van der Waals surface area contributed by atoms with Crippen molar-refractivity contribution in [1.29, 1.82) is 5.26 Å². The predicted octanol–water partition coefficient (Wildman–Crippen LogP) is 2.41. The maximum Gasteiger partial charge on any atom is 0.209 e. The average molecular weight is 234 g/mol. The molecule has 0 saturated carbocycles. The molecule has 4 nitrogen and oxygen atoms in total. The monoisotopic (exact) mass is 234 g/mol. The second kappa shape index (κ2) is 8.40. The van der Waals surface area contributed by atoms with Crippen LogP contribution in [0.25, 0.3) is 0 Å². The van der Waals surface area contributed by atoms with Crippen LogP contribution >= 0.6 is 0 Å². The highest BCUT2D eigenvalue weighted by atomic mass is 15.2. The van der Waals surface area contributed by atoms with Crippen LogP contribution < -0.4 is 5.73 Å². The van der Waals surface area contributed by atoms with Crippen molar-refractivity contribution in [3.05, 3.63) is 23.3 Å². The fourth-order valence-corrected chi connectivity index (χ4v) is 1.21. The quantitative estimate of drug-likeness (QED) is 0.344. The summed E-state index contributed by atoms with van der Waals surface area (Å²) in [6.45, 7) is 6.99. The average Bonchev–Trinajstić information content (AvgIpc) is 2.25. The Morgan fingerprint density at radius 2 is 2.00 bits per heavy atom. The largest absolute Gasteiger partial charge is 0.369 e. The molecule has 0 bridgehead atoms. The van der Waals surface area contributed by atoms with Gasteiger partial charge in [-0.15, -0.1) is 4.99 Å². The second-order valence-electron chi connectivity index (χ2n) is 4.32. The molecule has 0 amide bonds. The molecule has 0 aliphatic heterocycles. The molecular formula is C13H22N4. The van der Waals surface area contributed by atoms with Gasteiger partial charge < -0.3 is 10.6 Å². The van der Waals surface area contributed by atoms with E-state index in [1.807, 2.05) is 7.05 Å². The first-order chi connectivity index (χ1) is 7.97. The molecule has 0 saturated heterocycles. The van der Waals surface area contributed by atoms with E-state index < -0.39 is 0 Å². The summed E-state index contributed by atoms with van der Waals surface area (Å²) in [5, 5.41) is 8.37. The molecule has 0 aliphatic rings. The number of hydrogen-bond acceptors (Lipinski definition) is 2. The van der Waals surface area contributed by atoms with E-state index in [4.69, 9.17) is 11.0 Å². The Morgan fingerprint density at radius 1 is 1.35 bits per heavy atom. The van der Waals surface area contributed by atoms with Crippen LogP contribution in [-0.2, 0) is 0 Å². The Bertz CT molecular complexity index is 354. The minimum atomic E-state index is 0.251. The third-order valence-electron chi connectivity index (χ3n) is 2.36. The first-order valence-electron chi connectivity index (χ1n) is 5.69. The molecule has 0 atom stereocenters. The van der Waals surface area contributed by atoms with E-state index in [0.29, 0.717) is 6.54 Å². The number of likely N-dealkylation sites (N-methyl/N-ethyl adjacent to an activating group) is 1. The van der Waals surface area contributed by atoms with Crippen molar-refractivity contribution < 1.29 is 0 Å². The van der Waals surface area contributed by atoms with Gasteiger partial charge in [0, 0.05) is 13.6 Å². The molecule has 0 unspecified atom stereocenters. The maximum absolute atomic E-state index is 8.37. The van der Waals surface area contributed by atoms with Crippen LogP contribution in [0.1, 0.15) is 33.6 Å². The number of rotatable bonds is 5. The summed E-state index contributed by atoms with van der Waals surface area (Å²) in [4.78, 5) is 5.22. The van der Waals surface area contributed by atoms with Gasteiger partial charge in [-0.2, -0.15) is 5.26 Å². The summed E-state index contributed by atoms with van der Waals surface area (Å²) >= 11 is 0. The Kier molecular flexibility index (Phi) is 7.53. The highest BCUT2D eigenvalue weighted by Crippen LogP contribution is 2.06. The number of nitriles is 1. The number of allylic oxidation sites excluding steroid dienone is 3. The Balaban J connectivity index is 4.11. The van der Waals surface area contributed by atoms with E-state index in [1.165, 1.54) is 11.1 Å². The summed E-state index contributed by atoms with van der Waals surface area (Å²) in [5.41, 5.74) is 8.23. The molecule has 0 aliphatic carbocycles. The maximum atomic E-state index is 8.37. The van der Waals surface area contributed by atoms with Gasteiger partial charge in [0.1, 0.15) is 0 Å². The highest BCUT2D eigenvalue weighted by molar-refractivity contribution is 5.78. The molecule has 0 aromatic carbocycles. The lowest BCUT2D eigenvalue weighted by Crippen LogP contribution is -2.33. The molecule has 4 heteroatoms. The molecule has 94 valence electrons. The fraction of sp³-hybridized carbons (Fsp3) is 0.538. The minimum Gasteiger partial charge on any atom is -0.369 e. The predicted molar refractivity (Wildman–Crippen MR) is 72.3 cm³/mol. The first kappa shape index (κ1) is 15.2. The Labute approximate surface area is 104 Å². The lowest BCUT2D eigenvalue weighted by atomic mass is 10.1. The van der Waals surface area contributed by atoms with Gasteiger partial charge in [0.25, 0.3) is 0 Å².